The molecule has 2 aromatic heterocycles. The number of fused-ring (bicyclic) bond motifs is 1. The Labute approximate surface area is 161 Å². The molecule has 0 amide bonds. The van der Waals surface area contributed by atoms with Crippen LogP contribution < -0.4 is 4.72 Å². The maximum atomic E-state index is 12.7. The third-order valence-corrected chi connectivity index (χ3v) is 6.42. The van der Waals surface area contributed by atoms with E-state index in [-0.39, 0.29) is 28.4 Å². The van der Waals surface area contributed by atoms with Crippen LogP contribution in [0.25, 0.3) is 10.2 Å². The number of esters is 1. The molecule has 0 saturated carbocycles. The molecule has 10 heteroatoms. The molecule has 0 aliphatic rings. The first kappa shape index (κ1) is 19.3. The summed E-state index contributed by atoms with van der Waals surface area (Å²) < 4.78 is 33.3. The zero-order valence-electron chi connectivity index (χ0n) is 15.4. The zero-order valence-corrected chi connectivity index (χ0v) is 17.0. The molecular weight excluding hydrogens is 388 g/mol. The van der Waals surface area contributed by atoms with Crippen molar-refractivity contribution in [3.63, 3.8) is 0 Å². The molecule has 0 atom stereocenters. The number of carbonyl (C=O) groups is 1. The summed E-state index contributed by atoms with van der Waals surface area (Å²) in [5.74, 6) is -0.589. The third kappa shape index (κ3) is 4.11. The first-order valence-corrected chi connectivity index (χ1v) is 10.6. The van der Waals surface area contributed by atoms with Gasteiger partial charge in [0.15, 0.2) is 5.82 Å². The van der Waals surface area contributed by atoms with Crippen LogP contribution in [0, 0.1) is 0 Å². The zero-order chi connectivity index (χ0) is 19.8. The lowest BCUT2D eigenvalue weighted by atomic mass is 9.98. The molecule has 3 aromatic rings. The van der Waals surface area contributed by atoms with Gasteiger partial charge in [-0.2, -0.15) is 5.10 Å². The molecule has 144 valence electrons. The van der Waals surface area contributed by atoms with E-state index in [2.05, 4.69) is 40.7 Å². The normalized spacial score (nSPS) is 12.3. The van der Waals surface area contributed by atoms with E-state index in [4.69, 9.17) is 4.74 Å². The fourth-order valence-corrected chi connectivity index (χ4v) is 4.43. The predicted molar refractivity (Wildman–Crippen MR) is 104 cm³/mol. The van der Waals surface area contributed by atoms with Crippen LogP contribution >= 0.6 is 11.3 Å². The van der Waals surface area contributed by atoms with Crippen LogP contribution in [0.4, 0.5) is 5.82 Å². The van der Waals surface area contributed by atoms with E-state index >= 15 is 0 Å². The second-order valence-corrected chi connectivity index (χ2v) is 9.60. The summed E-state index contributed by atoms with van der Waals surface area (Å²) in [5, 5.41) is 7.19. The van der Waals surface area contributed by atoms with E-state index in [0.717, 1.165) is 15.2 Å². The highest BCUT2D eigenvalue weighted by Gasteiger charge is 2.22. The number of ether oxygens (including phenoxy) is 1. The topological polar surface area (TPSA) is 114 Å². The van der Waals surface area contributed by atoms with E-state index in [1.54, 1.807) is 19.1 Å². The van der Waals surface area contributed by atoms with Gasteiger partial charge in [0.2, 0.25) is 0 Å². The van der Waals surface area contributed by atoms with Crippen molar-refractivity contribution >= 4 is 43.4 Å². The van der Waals surface area contributed by atoms with Crippen LogP contribution in [-0.2, 0) is 20.2 Å². The number of rotatable bonds is 5. The molecular formula is C17H20N4O4S2. The number of aromatic nitrogens is 3. The Kier molecular flexibility index (Phi) is 4.96. The highest BCUT2D eigenvalue weighted by molar-refractivity contribution is 7.92. The van der Waals surface area contributed by atoms with Gasteiger partial charge in [0.05, 0.1) is 26.7 Å². The summed E-state index contributed by atoms with van der Waals surface area (Å²) in [5.41, 5.74) is 0.718. The van der Waals surface area contributed by atoms with E-state index in [1.807, 2.05) is 0 Å². The molecule has 0 bridgehead atoms. The molecule has 1 aromatic carbocycles. The second kappa shape index (κ2) is 6.93. The molecule has 2 heterocycles. The third-order valence-electron chi connectivity index (χ3n) is 3.62. The Morgan fingerprint density at radius 2 is 2.04 bits per heavy atom. The van der Waals surface area contributed by atoms with Gasteiger partial charge in [-0.25, -0.2) is 18.2 Å². The van der Waals surface area contributed by atoms with Gasteiger partial charge in [-0.1, -0.05) is 20.8 Å². The SMILES string of the molecule is CCOC(=O)c1cc(NS(=O)(=O)c2ccc3nc(C(C)(C)C)sc3c2)n[nH]1. The van der Waals surface area contributed by atoms with Crippen LogP contribution in [-0.4, -0.2) is 36.2 Å². The molecule has 8 nitrogen and oxygen atoms in total. The van der Waals surface area contributed by atoms with Crippen molar-refractivity contribution in [2.45, 2.75) is 38.0 Å². The van der Waals surface area contributed by atoms with Crippen molar-refractivity contribution in [3.8, 4) is 0 Å². The van der Waals surface area contributed by atoms with Crippen LogP contribution in [0.5, 0.6) is 0 Å². The molecule has 0 saturated heterocycles. The van der Waals surface area contributed by atoms with Crippen LogP contribution in [0.2, 0.25) is 0 Å². The van der Waals surface area contributed by atoms with Gasteiger partial charge >= 0.3 is 5.97 Å². The van der Waals surface area contributed by atoms with Crippen molar-refractivity contribution in [3.05, 3.63) is 35.0 Å². The fourth-order valence-electron chi connectivity index (χ4n) is 2.28. The molecule has 0 aliphatic heterocycles. The number of hydrogen-bond acceptors (Lipinski definition) is 7. The number of H-pyrrole nitrogens is 1. The number of anilines is 1. The molecule has 0 spiro atoms. The lowest BCUT2D eigenvalue weighted by Gasteiger charge is -2.13. The number of nitrogens with zero attached hydrogens (tertiary/aromatic N) is 2. The Morgan fingerprint density at radius 3 is 2.70 bits per heavy atom. The first-order valence-electron chi connectivity index (χ1n) is 8.26. The summed E-state index contributed by atoms with van der Waals surface area (Å²) in [6.07, 6.45) is 0. The Bertz CT molecular complexity index is 1090. The molecule has 0 aliphatic carbocycles. The number of sulfonamides is 1. The molecule has 2 N–H and O–H groups in total. The Morgan fingerprint density at radius 1 is 1.30 bits per heavy atom. The standard InChI is InChI=1S/C17H20N4O4S2/c1-5-25-15(22)12-9-14(20-19-12)21-27(23,24)10-6-7-11-13(8-10)26-16(18-11)17(2,3)4/h6-9H,5H2,1-4H3,(H2,19,20,21). The van der Waals surface area contributed by atoms with Crippen molar-refractivity contribution in [1.82, 2.24) is 15.2 Å². The molecule has 0 radical (unpaired) electrons. The summed E-state index contributed by atoms with van der Waals surface area (Å²) in [6.45, 7) is 8.07. The maximum Gasteiger partial charge on any atom is 0.356 e. The minimum atomic E-state index is -3.86. The van der Waals surface area contributed by atoms with E-state index in [0.29, 0.717) is 0 Å². The average molecular weight is 409 g/mol. The van der Waals surface area contributed by atoms with Gasteiger partial charge in [0.1, 0.15) is 5.69 Å². The fraction of sp³-hybridized carbons (Fsp3) is 0.353. The smallest absolute Gasteiger partial charge is 0.356 e. The molecule has 0 unspecified atom stereocenters. The number of aromatic amines is 1. The largest absolute Gasteiger partial charge is 0.461 e. The number of hydrogen-bond donors (Lipinski definition) is 2. The van der Waals surface area contributed by atoms with E-state index in [1.165, 1.54) is 23.5 Å². The summed E-state index contributed by atoms with van der Waals surface area (Å²) in [7, 11) is -3.86. The quantitative estimate of drug-likeness (QED) is 0.626. The van der Waals surface area contributed by atoms with Crippen LogP contribution in [0.3, 0.4) is 0 Å². The lowest BCUT2D eigenvalue weighted by Crippen LogP contribution is -2.13. The Hall–Kier alpha value is -2.46. The minimum Gasteiger partial charge on any atom is -0.461 e. The summed E-state index contributed by atoms with van der Waals surface area (Å²) >= 11 is 1.47. The predicted octanol–water partition coefficient (Wildman–Crippen LogP) is 3.29. The highest BCUT2D eigenvalue weighted by Crippen LogP contribution is 2.32. The van der Waals surface area contributed by atoms with Gasteiger partial charge < -0.3 is 4.74 Å². The first-order chi connectivity index (χ1) is 12.6. The van der Waals surface area contributed by atoms with Crippen molar-refractivity contribution in [1.29, 1.82) is 0 Å². The number of benzene rings is 1. The summed E-state index contributed by atoms with van der Waals surface area (Å²) in [4.78, 5) is 16.3. The molecule has 27 heavy (non-hydrogen) atoms. The van der Waals surface area contributed by atoms with Gasteiger partial charge in [-0.15, -0.1) is 11.3 Å². The van der Waals surface area contributed by atoms with Crippen molar-refractivity contribution in [2.75, 3.05) is 11.3 Å². The maximum absolute atomic E-state index is 12.7. The van der Waals surface area contributed by atoms with E-state index < -0.39 is 16.0 Å². The van der Waals surface area contributed by atoms with Gasteiger partial charge in [0.25, 0.3) is 10.0 Å². The van der Waals surface area contributed by atoms with Crippen molar-refractivity contribution < 1.29 is 17.9 Å². The van der Waals surface area contributed by atoms with Gasteiger partial charge in [-0.3, -0.25) is 9.82 Å². The van der Waals surface area contributed by atoms with Crippen LogP contribution in [0.1, 0.15) is 43.2 Å². The number of thiazole rings is 1. The number of carbonyl (C=O) groups excluding carboxylic acids is 1. The second-order valence-electron chi connectivity index (χ2n) is 6.89. The highest BCUT2D eigenvalue weighted by atomic mass is 32.2. The van der Waals surface area contributed by atoms with Gasteiger partial charge in [-0.05, 0) is 25.1 Å². The van der Waals surface area contributed by atoms with Gasteiger partial charge in [0, 0.05) is 11.5 Å². The summed E-state index contributed by atoms with van der Waals surface area (Å²) in [6, 6.07) is 6.06. The molecule has 0 fully saturated rings. The van der Waals surface area contributed by atoms with E-state index in [9.17, 15) is 13.2 Å². The minimum absolute atomic E-state index is 0.0119. The van der Waals surface area contributed by atoms with Crippen LogP contribution in [0.15, 0.2) is 29.2 Å². The lowest BCUT2D eigenvalue weighted by molar-refractivity contribution is 0.0519. The number of nitrogens with one attached hydrogen (secondary N) is 2. The monoisotopic (exact) mass is 408 g/mol. The Balaban J connectivity index is 1.87. The molecule has 3 rings (SSSR count). The average Bonchev–Trinajstić information content (AvgIpc) is 3.20. The van der Waals surface area contributed by atoms with Crippen molar-refractivity contribution in [2.24, 2.45) is 0 Å².